The van der Waals surface area contributed by atoms with Crippen LogP contribution in [-0.2, 0) is 4.74 Å². The molecule has 3 aromatic rings. The highest BCUT2D eigenvalue weighted by atomic mass is 16.5. The fourth-order valence-electron chi connectivity index (χ4n) is 3.69. The third kappa shape index (κ3) is 4.14. The van der Waals surface area contributed by atoms with Crippen LogP contribution in [0, 0.1) is 0 Å². The molecule has 0 unspecified atom stereocenters. The van der Waals surface area contributed by atoms with Crippen molar-refractivity contribution in [2.24, 2.45) is 0 Å². The lowest BCUT2D eigenvalue weighted by molar-refractivity contribution is 0.211. The van der Waals surface area contributed by atoms with Crippen LogP contribution < -0.4 is 21.9 Å². The minimum atomic E-state index is -0.182. The minimum absolute atomic E-state index is 0.131. The maximum Gasteiger partial charge on any atom is 0.275 e. The summed E-state index contributed by atoms with van der Waals surface area (Å²) in [5.74, 6) is 1.01. The Kier molecular flexibility index (Phi) is 5.57. The number of methoxy groups -OCH3 is 1. The Balaban J connectivity index is 1.61. The minimum Gasteiger partial charge on any atom is -0.394 e. The SMILES string of the molecule is COCCNc1ccc(Nc2ncc3cc(N)c(=O)n(C4CCCC4)c3n2)nc1. The zero-order valence-corrected chi connectivity index (χ0v) is 16.4. The number of nitrogen functional groups attached to an aromatic ring is 1. The second-order valence-corrected chi connectivity index (χ2v) is 7.16. The van der Waals surface area contributed by atoms with Crippen LogP contribution in [0.5, 0.6) is 0 Å². The summed E-state index contributed by atoms with van der Waals surface area (Å²) in [6.07, 6.45) is 7.56. The summed E-state index contributed by atoms with van der Waals surface area (Å²) < 4.78 is 6.76. The molecule has 0 saturated heterocycles. The lowest BCUT2D eigenvalue weighted by Gasteiger charge is -2.17. The smallest absolute Gasteiger partial charge is 0.275 e. The van der Waals surface area contributed by atoms with E-state index >= 15 is 0 Å². The van der Waals surface area contributed by atoms with E-state index in [0.29, 0.717) is 30.6 Å². The quantitative estimate of drug-likeness (QED) is 0.522. The predicted octanol–water partition coefficient (Wildman–Crippen LogP) is 2.69. The summed E-state index contributed by atoms with van der Waals surface area (Å²) in [5.41, 5.74) is 7.50. The van der Waals surface area contributed by atoms with Crippen molar-refractivity contribution in [1.29, 1.82) is 0 Å². The number of aromatic nitrogens is 4. The highest BCUT2D eigenvalue weighted by Crippen LogP contribution is 2.31. The number of ether oxygens (including phenoxy) is 1. The van der Waals surface area contributed by atoms with Crippen LogP contribution in [0.1, 0.15) is 31.7 Å². The van der Waals surface area contributed by atoms with E-state index in [1.165, 1.54) is 0 Å². The Morgan fingerprint density at radius 3 is 2.79 bits per heavy atom. The van der Waals surface area contributed by atoms with Crippen molar-refractivity contribution in [3.05, 3.63) is 40.9 Å². The molecule has 9 heteroatoms. The van der Waals surface area contributed by atoms with Crippen molar-refractivity contribution in [2.75, 3.05) is 36.6 Å². The first kappa shape index (κ1) is 19.1. The molecule has 0 amide bonds. The highest BCUT2D eigenvalue weighted by Gasteiger charge is 2.22. The molecule has 3 heterocycles. The largest absolute Gasteiger partial charge is 0.394 e. The molecule has 1 fully saturated rings. The lowest BCUT2D eigenvalue weighted by atomic mass is 10.2. The Labute approximate surface area is 168 Å². The van der Waals surface area contributed by atoms with E-state index in [1.807, 2.05) is 12.1 Å². The van der Waals surface area contributed by atoms with Crippen molar-refractivity contribution >= 4 is 34.2 Å². The predicted molar refractivity (Wildman–Crippen MR) is 114 cm³/mol. The molecule has 29 heavy (non-hydrogen) atoms. The van der Waals surface area contributed by atoms with Gasteiger partial charge in [0, 0.05) is 31.3 Å². The average Bonchev–Trinajstić information content (AvgIpc) is 3.25. The lowest BCUT2D eigenvalue weighted by Crippen LogP contribution is -2.27. The number of rotatable bonds is 7. The average molecular weight is 395 g/mol. The third-order valence-electron chi connectivity index (χ3n) is 5.13. The van der Waals surface area contributed by atoms with Crippen molar-refractivity contribution in [1.82, 2.24) is 19.5 Å². The fraction of sp³-hybridized carbons (Fsp3) is 0.400. The zero-order valence-electron chi connectivity index (χ0n) is 16.4. The van der Waals surface area contributed by atoms with E-state index in [2.05, 4.69) is 25.6 Å². The monoisotopic (exact) mass is 395 g/mol. The van der Waals surface area contributed by atoms with Gasteiger partial charge in [-0.1, -0.05) is 12.8 Å². The van der Waals surface area contributed by atoms with Gasteiger partial charge in [-0.25, -0.2) is 9.97 Å². The number of hydrogen-bond acceptors (Lipinski definition) is 8. The Morgan fingerprint density at radius 2 is 2.07 bits per heavy atom. The summed E-state index contributed by atoms with van der Waals surface area (Å²) in [4.78, 5) is 26.1. The molecule has 3 aromatic heterocycles. The van der Waals surface area contributed by atoms with Gasteiger partial charge >= 0.3 is 0 Å². The van der Waals surface area contributed by atoms with E-state index in [-0.39, 0.29) is 17.3 Å². The van der Waals surface area contributed by atoms with Crippen LogP contribution >= 0.6 is 0 Å². The van der Waals surface area contributed by atoms with Gasteiger partial charge in [0.2, 0.25) is 5.95 Å². The van der Waals surface area contributed by atoms with Gasteiger partial charge in [0.1, 0.15) is 11.5 Å². The standard InChI is InChI=1S/C20H25N7O2/c1-29-9-8-22-14-6-7-17(23-12-14)25-20-24-11-13-10-16(21)19(28)27(18(13)26-20)15-4-2-3-5-15/h6-7,10-12,15,22H,2-5,8-9,21H2,1H3,(H,23,24,25,26). The molecule has 1 aliphatic carbocycles. The molecule has 4 N–H and O–H groups in total. The van der Waals surface area contributed by atoms with Crippen molar-refractivity contribution in [3.63, 3.8) is 0 Å². The Bertz CT molecular complexity index is 1040. The topological polar surface area (TPSA) is 120 Å². The number of fused-ring (bicyclic) bond motifs is 1. The van der Waals surface area contributed by atoms with Gasteiger partial charge in [0.25, 0.3) is 5.56 Å². The molecule has 0 spiro atoms. The normalized spacial score (nSPS) is 14.4. The molecule has 0 aliphatic heterocycles. The highest BCUT2D eigenvalue weighted by molar-refractivity contribution is 5.79. The van der Waals surface area contributed by atoms with E-state index in [9.17, 15) is 4.79 Å². The zero-order chi connectivity index (χ0) is 20.2. The van der Waals surface area contributed by atoms with Crippen LogP contribution in [-0.4, -0.2) is 39.8 Å². The summed E-state index contributed by atoms with van der Waals surface area (Å²) in [6, 6.07) is 5.54. The number of nitrogens with one attached hydrogen (secondary N) is 2. The summed E-state index contributed by atoms with van der Waals surface area (Å²) in [7, 11) is 1.66. The number of hydrogen-bond donors (Lipinski definition) is 3. The summed E-state index contributed by atoms with van der Waals surface area (Å²) >= 11 is 0. The number of anilines is 4. The van der Waals surface area contributed by atoms with Gasteiger partial charge < -0.3 is 21.1 Å². The number of nitrogens with zero attached hydrogens (tertiary/aromatic N) is 4. The van der Waals surface area contributed by atoms with Gasteiger partial charge in [0.05, 0.1) is 24.2 Å². The Hall–Kier alpha value is -3.20. The number of nitrogens with two attached hydrogens (primary N) is 1. The molecule has 4 rings (SSSR count). The van der Waals surface area contributed by atoms with Crippen LogP contribution in [0.25, 0.3) is 11.0 Å². The van der Waals surface area contributed by atoms with Crippen LogP contribution in [0.4, 0.5) is 23.1 Å². The fourth-order valence-corrected chi connectivity index (χ4v) is 3.69. The first-order valence-corrected chi connectivity index (χ1v) is 9.79. The van der Waals surface area contributed by atoms with Gasteiger partial charge in [0.15, 0.2) is 0 Å². The maximum absolute atomic E-state index is 12.7. The van der Waals surface area contributed by atoms with Crippen molar-refractivity contribution < 1.29 is 4.74 Å². The molecule has 152 valence electrons. The van der Waals surface area contributed by atoms with Gasteiger partial charge in [-0.3, -0.25) is 9.36 Å². The summed E-state index contributed by atoms with van der Waals surface area (Å²) in [5, 5.41) is 7.08. The van der Waals surface area contributed by atoms with Crippen LogP contribution in [0.15, 0.2) is 35.4 Å². The van der Waals surface area contributed by atoms with Gasteiger partial charge in [-0.2, -0.15) is 4.98 Å². The van der Waals surface area contributed by atoms with Crippen LogP contribution in [0.3, 0.4) is 0 Å². The molecule has 1 aliphatic rings. The molecule has 1 saturated carbocycles. The second-order valence-electron chi connectivity index (χ2n) is 7.16. The first-order chi connectivity index (χ1) is 14.2. The molecular weight excluding hydrogens is 370 g/mol. The van der Waals surface area contributed by atoms with Gasteiger partial charge in [-0.15, -0.1) is 0 Å². The number of pyridine rings is 2. The van der Waals surface area contributed by atoms with Crippen LogP contribution in [0.2, 0.25) is 0 Å². The maximum atomic E-state index is 12.7. The van der Waals surface area contributed by atoms with Crippen molar-refractivity contribution in [3.8, 4) is 0 Å². The van der Waals surface area contributed by atoms with Gasteiger partial charge in [-0.05, 0) is 31.0 Å². The molecular formula is C20H25N7O2. The van der Waals surface area contributed by atoms with E-state index < -0.39 is 0 Å². The van der Waals surface area contributed by atoms with E-state index in [1.54, 1.807) is 30.1 Å². The van der Waals surface area contributed by atoms with E-state index in [0.717, 1.165) is 36.8 Å². The molecule has 0 atom stereocenters. The molecule has 9 nitrogen and oxygen atoms in total. The molecule has 0 aromatic carbocycles. The molecule has 0 radical (unpaired) electrons. The summed E-state index contributed by atoms with van der Waals surface area (Å²) in [6.45, 7) is 1.33. The first-order valence-electron chi connectivity index (χ1n) is 9.79. The Morgan fingerprint density at radius 1 is 1.24 bits per heavy atom. The van der Waals surface area contributed by atoms with E-state index in [4.69, 9.17) is 10.5 Å². The second kappa shape index (κ2) is 8.44. The third-order valence-corrected chi connectivity index (χ3v) is 5.13. The van der Waals surface area contributed by atoms with Crippen molar-refractivity contribution in [2.45, 2.75) is 31.7 Å². The molecule has 0 bridgehead atoms.